The van der Waals surface area contributed by atoms with Gasteiger partial charge in [0.05, 0.1) is 0 Å². The van der Waals surface area contributed by atoms with E-state index in [0.717, 1.165) is 36.0 Å². The lowest BCUT2D eigenvalue weighted by Gasteiger charge is -2.54. The number of ether oxygens (including phenoxy) is 1. The Bertz CT molecular complexity index is 832. The first-order valence-electron chi connectivity index (χ1n) is 13.9. The van der Waals surface area contributed by atoms with Gasteiger partial charge in [0, 0.05) is 18.8 Å². The molecule has 33 heavy (non-hydrogen) atoms. The van der Waals surface area contributed by atoms with Crippen LogP contribution >= 0.6 is 0 Å². The van der Waals surface area contributed by atoms with Crippen LogP contribution in [0.2, 0.25) is 0 Å². The molecule has 0 saturated heterocycles. The Hall–Kier alpha value is -1.31. The maximum Gasteiger partial charge on any atom is 0.303 e. The first-order chi connectivity index (χ1) is 15.6. The zero-order valence-corrected chi connectivity index (χ0v) is 22.3. The standard InChI is InChI=1S/C31H48O2/c1-8-23(20(2)3)10-9-21(4)27-13-14-28-26-12-11-24-19-25(33-22(5)32)15-17-30(24,6)29(26)16-18-31(27,28)7/h11-12,15,17,20-21,23,25,27-29H,8-10,13-14,16,18-19H2,1-7H3/t21-,23-,25+,27-,28+,29+,30+,31-/m1/s1. The number of allylic oxidation sites excluding steroid dienone is 4. The molecule has 0 bridgehead atoms. The lowest BCUT2D eigenvalue weighted by atomic mass is 9.51. The van der Waals surface area contributed by atoms with Gasteiger partial charge in [0.2, 0.25) is 0 Å². The highest BCUT2D eigenvalue weighted by Crippen LogP contribution is 2.65. The fraction of sp³-hybridized carbons (Fsp3) is 0.774. The van der Waals surface area contributed by atoms with E-state index in [-0.39, 0.29) is 17.5 Å². The average Bonchev–Trinajstić information content (AvgIpc) is 3.11. The van der Waals surface area contributed by atoms with E-state index in [1.54, 1.807) is 5.57 Å². The number of carbonyl (C=O) groups excluding carboxylic acids is 1. The first kappa shape index (κ1) is 24.8. The van der Waals surface area contributed by atoms with Crippen molar-refractivity contribution in [2.45, 2.75) is 106 Å². The molecule has 0 aromatic rings. The van der Waals surface area contributed by atoms with E-state index in [4.69, 9.17) is 4.74 Å². The second-order valence-electron chi connectivity index (χ2n) is 12.7. The van der Waals surface area contributed by atoms with Crippen LogP contribution in [0.15, 0.2) is 35.5 Å². The average molecular weight is 453 g/mol. The molecule has 0 aromatic carbocycles. The van der Waals surface area contributed by atoms with Crippen LogP contribution in [0.25, 0.3) is 0 Å². The summed E-state index contributed by atoms with van der Waals surface area (Å²) in [6, 6.07) is 0. The molecule has 0 heterocycles. The van der Waals surface area contributed by atoms with E-state index in [1.165, 1.54) is 57.4 Å². The van der Waals surface area contributed by atoms with Gasteiger partial charge < -0.3 is 4.74 Å². The Morgan fingerprint density at radius 1 is 1.09 bits per heavy atom. The molecular weight excluding hydrogens is 404 g/mol. The topological polar surface area (TPSA) is 26.3 Å². The second-order valence-corrected chi connectivity index (χ2v) is 12.7. The van der Waals surface area contributed by atoms with E-state index in [9.17, 15) is 4.79 Å². The minimum Gasteiger partial charge on any atom is -0.458 e. The van der Waals surface area contributed by atoms with Crippen molar-refractivity contribution in [3.63, 3.8) is 0 Å². The summed E-state index contributed by atoms with van der Waals surface area (Å²) < 4.78 is 5.52. The molecule has 4 aliphatic rings. The van der Waals surface area contributed by atoms with Gasteiger partial charge in [-0.1, -0.05) is 83.8 Å². The predicted octanol–water partition coefficient (Wildman–Crippen LogP) is 8.29. The Labute approximate surface area is 203 Å². The van der Waals surface area contributed by atoms with Gasteiger partial charge in [-0.25, -0.2) is 0 Å². The summed E-state index contributed by atoms with van der Waals surface area (Å²) in [6.07, 6.45) is 19.7. The number of fused-ring (bicyclic) bond motifs is 5. The van der Waals surface area contributed by atoms with Crippen LogP contribution < -0.4 is 0 Å². The lowest BCUT2D eigenvalue weighted by molar-refractivity contribution is -0.144. The van der Waals surface area contributed by atoms with E-state index >= 15 is 0 Å². The summed E-state index contributed by atoms with van der Waals surface area (Å²) in [7, 11) is 0. The molecule has 0 spiro atoms. The summed E-state index contributed by atoms with van der Waals surface area (Å²) in [5, 5.41) is 0. The molecule has 8 atom stereocenters. The third kappa shape index (κ3) is 4.41. The highest BCUT2D eigenvalue weighted by molar-refractivity contribution is 5.66. The van der Waals surface area contributed by atoms with E-state index < -0.39 is 0 Å². The van der Waals surface area contributed by atoms with Gasteiger partial charge in [-0.2, -0.15) is 0 Å². The molecule has 0 radical (unpaired) electrons. The summed E-state index contributed by atoms with van der Waals surface area (Å²) in [5.74, 6) is 4.56. The van der Waals surface area contributed by atoms with Crippen molar-refractivity contribution >= 4 is 5.97 Å². The molecular formula is C31H48O2. The summed E-state index contributed by atoms with van der Waals surface area (Å²) >= 11 is 0. The van der Waals surface area contributed by atoms with Gasteiger partial charge in [-0.05, 0) is 79.1 Å². The summed E-state index contributed by atoms with van der Waals surface area (Å²) in [4.78, 5) is 11.5. The van der Waals surface area contributed by atoms with Crippen molar-refractivity contribution in [2.75, 3.05) is 0 Å². The maximum atomic E-state index is 11.5. The normalized spacial score (nSPS) is 39.2. The molecule has 2 nitrogen and oxygen atoms in total. The molecule has 4 rings (SSSR count). The van der Waals surface area contributed by atoms with Crippen LogP contribution in [-0.4, -0.2) is 12.1 Å². The number of esters is 1. The van der Waals surface area contributed by atoms with Gasteiger partial charge in [0.1, 0.15) is 6.10 Å². The molecule has 4 aliphatic carbocycles. The van der Waals surface area contributed by atoms with Crippen LogP contribution in [0.3, 0.4) is 0 Å². The molecule has 0 unspecified atom stereocenters. The zero-order valence-electron chi connectivity index (χ0n) is 22.3. The smallest absolute Gasteiger partial charge is 0.303 e. The molecule has 2 saturated carbocycles. The van der Waals surface area contributed by atoms with E-state index in [1.807, 2.05) is 0 Å². The van der Waals surface area contributed by atoms with Crippen molar-refractivity contribution in [1.29, 1.82) is 0 Å². The Kier molecular flexibility index (Phi) is 7.05. The van der Waals surface area contributed by atoms with Crippen molar-refractivity contribution in [2.24, 2.45) is 46.3 Å². The highest BCUT2D eigenvalue weighted by Gasteiger charge is 2.56. The van der Waals surface area contributed by atoms with Crippen LogP contribution in [0.1, 0.15) is 99.8 Å². The fourth-order valence-corrected chi connectivity index (χ4v) is 8.53. The maximum absolute atomic E-state index is 11.5. The molecule has 0 aliphatic heterocycles. The number of hydrogen-bond donors (Lipinski definition) is 0. The molecule has 0 N–H and O–H groups in total. The minimum absolute atomic E-state index is 0.0946. The van der Waals surface area contributed by atoms with E-state index in [2.05, 4.69) is 65.8 Å². The summed E-state index contributed by atoms with van der Waals surface area (Å²) in [5.41, 5.74) is 3.74. The lowest BCUT2D eigenvalue weighted by Crippen LogP contribution is -2.45. The fourth-order valence-electron chi connectivity index (χ4n) is 8.53. The molecule has 0 amide bonds. The Morgan fingerprint density at radius 3 is 2.52 bits per heavy atom. The van der Waals surface area contributed by atoms with Crippen molar-refractivity contribution in [3.8, 4) is 0 Å². The van der Waals surface area contributed by atoms with Crippen molar-refractivity contribution < 1.29 is 9.53 Å². The van der Waals surface area contributed by atoms with Gasteiger partial charge in [-0.3, -0.25) is 4.79 Å². The first-order valence-corrected chi connectivity index (χ1v) is 13.9. The van der Waals surface area contributed by atoms with Gasteiger partial charge >= 0.3 is 5.97 Å². The monoisotopic (exact) mass is 452 g/mol. The third-order valence-electron chi connectivity index (χ3n) is 10.6. The Morgan fingerprint density at radius 2 is 1.85 bits per heavy atom. The zero-order chi connectivity index (χ0) is 24.0. The van der Waals surface area contributed by atoms with Crippen molar-refractivity contribution in [1.82, 2.24) is 0 Å². The number of carbonyl (C=O) groups is 1. The highest BCUT2D eigenvalue weighted by atomic mass is 16.5. The van der Waals surface area contributed by atoms with Crippen LogP contribution in [0, 0.1) is 46.3 Å². The SMILES string of the molecule is CC[C@H](CC[C@@H](C)[C@H]1CC[C@H]2C3=CC=C4C[C@@H](OC(C)=O)C=C[C@]4(C)[C@H]3CC[C@]12C)C(C)C. The minimum atomic E-state index is -0.181. The van der Waals surface area contributed by atoms with E-state index in [0.29, 0.717) is 11.3 Å². The number of hydrogen-bond acceptors (Lipinski definition) is 2. The van der Waals surface area contributed by atoms with Gasteiger partial charge in [0.25, 0.3) is 0 Å². The molecule has 184 valence electrons. The van der Waals surface area contributed by atoms with Gasteiger partial charge in [-0.15, -0.1) is 0 Å². The van der Waals surface area contributed by atoms with Crippen LogP contribution in [-0.2, 0) is 9.53 Å². The largest absolute Gasteiger partial charge is 0.458 e. The Balaban J connectivity index is 1.51. The number of rotatable bonds is 7. The van der Waals surface area contributed by atoms with Crippen molar-refractivity contribution in [3.05, 3.63) is 35.5 Å². The molecule has 2 heteroatoms. The van der Waals surface area contributed by atoms with Gasteiger partial charge in [0.15, 0.2) is 0 Å². The molecule has 2 fully saturated rings. The quantitative estimate of drug-likeness (QED) is 0.287. The second kappa shape index (κ2) is 9.38. The summed E-state index contributed by atoms with van der Waals surface area (Å²) in [6.45, 7) is 16.3. The van der Waals surface area contributed by atoms with Crippen LogP contribution in [0.5, 0.6) is 0 Å². The third-order valence-corrected chi connectivity index (χ3v) is 10.6. The van der Waals surface area contributed by atoms with Crippen LogP contribution in [0.4, 0.5) is 0 Å². The predicted molar refractivity (Wildman–Crippen MR) is 138 cm³/mol. The molecule has 0 aromatic heterocycles.